The number of nitrogens with one attached hydrogen (secondary N) is 1. The van der Waals surface area contributed by atoms with Gasteiger partial charge in [0.05, 0.1) is 22.3 Å². The van der Waals surface area contributed by atoms with Crippen molar-refractivity contribution in [1.29, 1.82) is 0 Å². The Morgan fingerprint density at radius 2 is 1.79 bits per heavy atom. The van der Waals surface area contributed by atoms with E-state index in [-0.39, 0.29) is 23.3 Å². The monoisotopic (exact) mass is 409 g/mol. The molecule has 0 aliphatic heterocycles. The molecule has 0 saturated heterocycles. The van der Waals surface area contributed by atoms with Crippen LogP contribution in [0.4, 0.5) is 0 Å². The van der Waals surface area contributed by atoms with Gasteiger partial charge in [-0.3, -0.25) is 14.2 Å². The molecule has 1 amide bonds. The molecule has 0 aliphatic carbocycles. The van der Waals surface area contributed by atoms with Crippen LogP contribution in [0.2, 0.25) is 0 Å². The lowest BCUT2D eigenvalue weighted by molar-refractivity contribution is -0.119. The van der Waals surface area contributed by atoms with Crippen molar-refractivity contribution >= 4 is 28.6 Å². The minimum atomic E-state index is -0.116. The van der Waals surface area contributed by atoms with Gasteiger partial charge in [0.15, 0.2) is 5.16 Å². The summed E-state index contributed by atoms with van der Waals surface area (Å²) in [6.45, 7) is 8.20. The predicted octanol–water partition coefficient (Wildman–Crippen LogP) is 4.20. The molecular weight excluding hydrogens is 382 g/mol. The summed E-state index contributed by atoms with van der Waals surface area (Å²) in [5, 5.41) is 4.11. The molecule has 2 aromatic carbocycles. The molecule has 0 fully saturated rings. The molecule has 6 heteroatoms. The summed E-state index contributed by atoms with van der Waals surface area (Å²) in [6.07, 6.45) is 0.798. The van der Waals surface area contributed by atoms with Crippen molar-refractivity contribution in [2.24, 2.45) is 5.92 Å². The van der Waals surface area contributed by atoms with E-state index in [1.165, 1.54) is 11.8 Å². The third kappa shape index (κ3) is 4.70. The molecule has 29 heavy (non-hydrogen) atoms. The van der Waals surface area contributed by atoms with Crippen molar-refractivity contribution in [3.05, 3.63) is 64.4 Å². The average Bonchev–Trinajstić information content (AvgIpc) is 2.72. The Labute approximate surface area is 175 Å². The number of aromatic nitrogens is 2. The fourth-order valence-corrected chi connectivity index (χ4v) is 3.86. The average molecular weight is 410 g/mol. The highest BCUT2D eigenvalue weighted by Crippen LogP contribution is 2.23. The maximum absolute atomic E-state index is 13.3. The lowest BCUT2D eigenvalue weighted by Crippen LogP contribution is -2.37. The number of carbonyl (C=O) groups excluding carboxylic acids is 1. The second-order valence-electron chi connectivity index (χ2n) is 7.42. The first kappa shape index (κ1) is 21.1. The maximum atomic E-state index is 13.3. The van der Waals surface area contributed by atoms with Crippen molar-refractivity contribution in [3.8, 4) is 5.69 Å². The van der Waals surface area contributed by atoms with E-state index in [1.807, 2.05) is 49.4 Å². The number of benzene rings is 2. The van der Waals surface area contributed by atoms with Crippen molar-refractivity contribution < 1.29 is 4.79 Å². The summed E-state index contributed by atoms with van der Waals surface area (Å²) in [4.78, 5) is 30.5. The fourth-order valence-electron chi connectivity index (χ4n) is 3.04. The third-order valence-corrected chi connectivity index (χ3v) is 6.02. The topological polar surface area (TPSA) is 64.0 Å². The van der Waals surface area contributed by atoms with Gasteiger partial charge in [0.1, 0.15) is 0 Å². The molecule has 0 unspecified atom stereocenters. The largest absolute Gasteiger partial charge is 0.353 e. The van der Waals surface area contributed by atoms with Crippen LogP contribution in [-0.2, 0) is 11.2 Å². The predicted molar refractivity (Wildman–Crippen MR) is 120 cm³/mol. The maximum Gasteiger partial charge on any atom is 0.266 e. The molecule has 1 heterocycles. The molecule has 1 atom stereocenters. The van der Waals surface area contributed by atoms with E-state index in [1.54, 1.807) is 10.6 Å². The summed E-state index contributed by atoms with van der Waals surface area (Å²) in [7, 11) is 0. The van der Waals surface area contributed by atoms with Gasteiger partial charge in [0.25, 0.3) is 5.56 Å². The molecule has 1 N–H and O–H groups in total. The summed E-state index contributed by atoms with van der Waals surface area (Å²) < 4.78 is 1.64. The van der Waals surface area contributed by atoms with Gasteiger partial charge in [-0.2, -0.15) is 0 Å². The van der Waals surface area contributed by atoms with Gasteiger partial charge < -0.3 is 5.32 Å². The van der Waals surface area contributed by atoms with Crippen LogP contribution in [-0.4, -0.2) is 27.3 Å². The first-order valence-corrected chi connectivity index (χ1v) is 10.9. The van der Waals surface area contributed by atoms with Crippen molar-refractivity contribution in [2.45, 2.75) is 45.3 Å². The SMILES string of the molecule is CCc1ccccc1-n1c(SCC(=O)N[C@H](C)C(C)C)nc2ccccc2c1=O. The summed E-state index contributed by atoms with van der Waals surface area (Å²) in [5.41, 5.74) is 2.40. The highest BCUT2D eigenvalue weighted by Gasteiger charge is 2.17. The van der Waals surface area contributed by atoms with Crippen LogP contribution >= 0.6 is 11.8 Å². The molecular formula is C23H27N3O2S. The number of nitrogens with zero attached hydrogens (tertiary/aromatic N) is 2. The highest BCUT2D eigenvalue weighted by molar-refractivity contribution is 7.99. The summed E-state index contributed by atoms with van der Waals surface area (Å²) in [5.74, 6) is 0.502. The normalized spacial score (nSPS) is 12.3. The second-order valence-corrected chi connectivity index (χ2v) is 8.37. The minimum Gasteiger partial charge on any atom is -0.353 e. The number of aryl methyl sites for hydroxylation is 1. The molecule has 3 rings (SSSR count). The van der Waals surface area contributed by atoms with Crippen LogP contribution in [0.3, 0.4) is 0 Å². The molecule has 0 saturated carbocycles. The molecule has 1 aromatic heterocycles. The van der Waals surface area contributed by atoms with Crippen LogP contribution in [0, 0.1) is 5.92 Å². The molecule has 3 aromatic rings. The summed E-state index contributed by atoms with van der Waals surface area (Å²) in [6, 6.07) is 15.3. The number of rotatable bonds is 7. The van der Waals surface area contributed by atoms with Crippen LogP contribution in [0.5, 0.6) is 0 Å². The smallest absolute Gasteiger partial charge is 0.266 e. The van der Waals surface area contributed by atoms with E-state index >= 15 is 0 Å². The lowest BCUT2D eigenvalue weighted by atomic mass is 10.1. The van der Waals surface area contributed by atoms with Crippen LogP contribution in [0.25, 0.3) is 16.6 Å². The van der Waals surface area contributed by atoms with E-state index in [0.717, 1.165) is 17.7 Å². The fraction of sp³-hybridized carbons (Fsp3) is 0.348. The van der Waals surface area contributed by atoms with E-state index in [2.05, 4.69) is 26.1 Å². The van der Waals surface area contributed by atoms with Crippen LogP contribution < -0.4 is 10.9 Å². The van der Waals surface area contributed by atoms with Gasteiger partial charge in [-0.1, -0.05) is 62.9 Å². The highest BCUT2D eigenvalue weighted by atomic mass is 32.2. The molecule has 0 bridgehead atoms. The number of fused-ring (bicyclic) bond motifs is 1. The van der Waals surface area contributed by atoms with Crippen molar-refractivity contribution in [3.63, 3.8) is 0 Å². The van der Waals surface area contributed by atoms with Crippen LogP contribution in [0.1, 0.15) is 33.3 Å². The quantitative estimate of drug-likeness (QED) is 0.469. The lowest BCUT2D eigenvalue weighted by Gasteiger charge is -2.18. The Bertz CT molecular complexity index is 1080. The van der Waals surface area contributed by atoms with Crippen LogP contribution in [0.15, 0.2) is 58.5 Å². The minimum absolute atomic E-state index is 0.0612. The number of thioether (sulfide) groups is 1. The zero-order valence-corrected chi connectivity index (χ0v) is 18.1. The number of para-hydroxylation sites is 2. The van der Waals surface area contributed by atoms with Gasteiger partial charge in [-0.15, -0.1) is 0 Å². The molecule has 0 aliphatic rings. The summed E-state index contributed by atoms with van der Waals surface area (Å²) >= 11 is 1.29. The molecule has 0 spiro atoms. The number of hydrogen-bond donors (Lipinski definition) is 1. The number of carbonyl (C=O) groups is 1. The van der Waals surface area contributed by atoms with Gasteiger partial charge in [-0.25, -0.2) is 4.98 Å². The van der Waals surface area contributed by atoms with E-state index < -0.39 is 0 Å². The van der Waals surface area contributed by atoms with Gasteiger partial charge in [0.2, 0.25) is 5.91 Å². The van der Waals surface area contributed by atoms with E-state index in [9.17, 15) is 9.59 Å². The Balaban J connectivity index is 2.04. The Kier molecular flexibility index (Phi) is 6.75. The van der Waals surface area contributed by atoms with Crippen molar-refractivity contribution in [1.82, 2.24) is 14.9 Å². The zero-order chi connectivity index (χ0) is 21.0. The number of hydrogen-bond acceptors (Lipinski definition) is 4. The third-order valence-electron chi connectivity index (χ3n) is 5.08. The molecule has 0 radical (unpaired) electrons. The molecule has 152 valence electrons. The first-order valence-electron chi connectivity index (χ1n) is 9.94. The standard InChI is InChI=1S/C23H27N3O2S/c1-5-17-10-6-9-13-20(17)26-22(28)18-11-7-8-12-19(18)25-23(26)29-14-21(27)24-16(4)15(2)3/h6-13,15-16H,5,14H2,1-4H3,(H,24,27)/t16-/m1/s1. The van der Waals surface area contributed by atoms with Gasteiger partial charge in [-0.05, 0) is 43.0 Å². The van der Waals surface area contributed by atoms with E-state index in [4.69, 9.17) is 4.98 Å². The van der Waals surface area contributed by atoms with Crippen molar-refractivity contribution in [2.75, 3.05) is 5.75 Å². The van der Waals surface area contributed by atoms with E-state index in [0.29, 0.717) is 22.0 Å². The van der Waals surface area contributed by atoms with Gasteiger partial charge in [0, 0.05) is 6.04 Å². The molecule has 5 nitrogen and oxygen atoms in total. The second kappa shape index (κ2) is 9.27. The number of amides is 1. The Morgan fingerprint density at radius 3 is 2.52 bits per heavy atom. The first-order chi connectivity index (χ1) is 13.9. The zero-order valence-electron chi connectivity index (χ0n) is 17.3. The van der Waals surface area contributed by atoms with Gasteiger partial charge >= 0.3 is 0 Å². The Hall–Kier alpha value is -2.60. The Morgan fingerprint density at radius 1 is 1.10 bits per heavy atom.